The zero-order chi connectivity index (χ0) is 17.1. The third-order valence-electron chi connectivity index (χ3n) is 3.41. The lowest BCUT2D eigenvalue weighted by molar-refractivity contribution is 0.0946. The Balaban J connectivity index is 1.70. The molecule has 0 atom stereocenters. The summed E-state index contributed by atoms with van der Waals surface area (Å²) in [5.74, 6) is -0.828. The lowest BCUT2D eigenvalue weighted by Crippen LogP contribution is -2.23. The predicted octanol–water partition coefficient (Wildman–Crippen LogP) is 4.45. The molecule has 0 bridgehead atoms. The van der Waals surface area contributed by atoms with Gasteiger partial charge in [0.25, 0.3) is 5.91 Å². The van der Waals surface area contributed by atoms with E-state index in [0.717, 1.165) is 5.56 Å². The number of nitrogens with zero attached hydrogens (tertiary/aromatic N) is 1. The van der Waals surface area contributed by atoms with E-state index in [9.17, 15) is 9.18 Å². The van der Waals surface area contributed by atoms with Gasteiger partial charge in [0.1, 0.15) is 11.5 Å². The number of hydrogen-bond donors (Lipinski definition) is 2. The van der Waals surface area contributed by atoms with E-state index in [1.807, 2.05) is 18.2 Å². The van der Waals surface area contributed by atoms with Crippen LogP contribution in [0.25, 0.3) is 11.3 Å². The zero-order valence-electron chi connectivity index (χ0n) is 12.3. The molecule has 0 fully saturated rings. The highest BCUT2D eigenvalue weighted by Gasteiger charge is 2.12. The number of halogens is 3. The maximum atomic E-state index is 13.1. The minimum Gasteiger partial charge on any atom is -0.347 e. The first-order valence-corrected chi connectivity index (χ1v) is 7.82. The van der Waals surface area contributed by atoms with E-state index in [0.29, 0.717) is 22.0 Å². The molecule has 2 aromatic carbocycles. The Morgan fingerprint density at radius 1 is 1.12 bits per heavy atom. The second-order valence-corrected chi connectivity index (χ2v) is 5.89. The highest BCUT2D eigenvalue weighted by molar-refractivity contribution is 6.33. The highest BCUT2D eigenvalue weighted by atomic mass is 35.5. The maximum absolute atomic E-state index is 13.1. The van der Waals surface area contributed by atoms with E-state index in [-0.39, 0.29) is 17.5 Å². The standard InChI is InChI=1S/C17H12Cl2FN3O/c18-12-4-2-1-3-11(12)15-8-16(23-22-15)17(24)21-9-10-5-6-14(20)13(19)7-10/h1-8H,9H2,(H,21,24)(H,22,23). The molecule has 4 nitrogen and oxygen atoms in total. The Hall–Kier alpha value is -2.37. The summed E-state index contributed by atoms with van der Waals surface area (Å²) in [5.41, 5.74) is 2.31. The monoisotopic (exact) mass is 363 g/mol. The van der Waals surface area contributed by atoms with E-state index < -0.39 is 5.82 Å². The molecular weight excluding hydrogens is 352 g/mol. The van der Waals surface area contributed by atoms with E-state index in [2.05, 4.69) is 15.5 Å². The normalized spacial score (nSPS) is 10.6. The van der Waals surface area contributed by atoms with Crippen LogP contribution in [0.15, 0.2) is 48.5 Å². The van der Waals surface area contributed by atoms with Crippen molar-refractivity contribution in [2.24, 2.45) is 0 Å². The number of benzene rings is 2. The zero-order valence-corrected chi connectivity index (χ0v) is 13.8. The van der Waals surface area contributed by atoms with Crippen LogP contribution in [-0.4, -0.2) is 16.1 Å². The van der Waals surface area contributed by atoms with Crippen LogP contribution >= 0.6 is 23.2 Å². The molecule has 3 aromatic rings. The number of carbonyl (C=O) groups is 1. The van der Waals surface area contributed by atoms with Crippen molar-refractivity contribution in [2.75, 3.05) is 0 Å². The second-order valence-electron chi connectivity index (χ2n) is 5.08. The van der Waals surface area contributed by atoms with Crippen LogP contribution in [0, 0.1) is 5.82 Å². The summed E-state index contributed by atoms with van der Waals surface area (Å²) >= 11 is 11.8. The van der Waals surface area contributed by atoms with Crippen molar-refractivity contribution in [1.82, 2.24) is 15.5 Å². The quantitative estimate of drug-likeness (QED) is 0.719. The minimum atomic E-state index is -0.496. The number of rotatable bonds is 4. The Morgan fingerprint density at radius 3 is 2.67 bits per heavy atom. The summed E-state index contributed by atoms with van der Waals surface area (Å²) in [6, 6.07) is 13.1. The predicted molar refractivity (Wildman–Crippen MR) is 91.6 cm³/mol. The largest absolute Gasteiger partial charge is 0.347 e. The van der Waals surface area contributed by atoms with Crippen LogP contribution in [0.4, 0.5) is 4.39 Å². The number of H-pyrrole nitrogens is 1. The van der Waals surface area contributed by atoms with Crippen molar-refractivity contribution in [2.45, 2.75) is 6.54 Å². The molecule has 0 unspecified atom stereocenters. The average molecular weight is 364 g/mol. The van der Waals surface area contributed by atoms with Gasteiger partial charge in [0, 0.05) is 12.1 Å². The summed E-state index contributed by atoms with van der Waals surface area (Å²) < 4.78 is 13.1. The molecule has 0 aliphatic heterocycles. The fraction of sp³-hybridized carbons (Fsp3) is 0.0588. The van der Waals surface area contributed by atoms with E-state index in [1.54, 1.807) is 18.2 Å². The molecule has 24 heavy (non-hydrogen) atoms. The molecule has 0 aliphatic rings. The number of carbonyl (C=O) groups excluding carboxylic acids is 1. The summed E-state index contributed by atoms with van der Waals surface area (Å²) in [5, 5.41) is 10.1. The Labute approximate surface area is 147 Å². The van der Waals surface area contributed by atoms with Gasteiger partial charge in [-0.15, -0.1) is 0 Å². The molecule has 1 aromatic heterocycles. The first kappa shape index (κ1) is 16.5. The Morgan fingerprint density at radius 2 is 1.92 bits per heavy atom. The van der Waals surface area contributed by atoms with Gasteiger partial charge in [0.05, 0.1) is 15.7 Å². The van der Waals surface area contributed by atoms with E-state index >= 15 is 0 Å². The first-order valence-electron chi connectivity index (χ1n) is 7.07. The number of hydrogen-bond acceptors (Lipinski definition) is 2. The van der Waals surface area contributed by atoms with Gasteiger partial charge in [0.2, 0.25) is 0 Å². The molecule has 1 amide bonds. The van der Waals surface area contributed by atoms with Gasteiger partial charge < -0.3 is 5.32 Å². The van der Waals surface area contributed by atoms with Gasteiger partial charge in [-0.05, 0) is 29.8 Å². The molecule has 2 N–H and O–H groups in total. The molecular formula is C17H12Cl2FN3O. The lowest BCUT2D eigenvalue weighted by Gasteiger charge is -2.04. The van der Waals surface area contributed by atoms with Gasteiger partial charge in [-0.2, -0.15) is 5.10 Å². The first-order chi connectivity index (χ1) is 11.5. The van der Waals surface area contributed by atoms with Gasteiger partial charge in [-0.25, -0.2) is 4.39 Å². The molecule has 0 saturated heterocycles. The molecule has 122 valence electrons. The molecule has 7 heteroatoms. The SMILES string of the molecule is O=C(NCc1ccc(F)c(Cl)c1)c1cc(-c2ccccc2Cl)n[nH]1. The number of nitrogens with one attached hydrogen (secondary N) is 2. The van der Waals surface area contributed by atoms with Crippen LogP contribution in [0.5, 0.6) is 0 Å². The summed E-state index contributed by atoms with van der Waals surface area (Å²) in [7, 11) is 0. The third-order valence-corrected chi connectivity index (χ3v) is 4.03. The third kappa shape index (κ3) is 3.58. The van der Waals surface area contributed by atoms with Gasteiger partial charge in [0.15, 0.2) is 0 Å². The topological polar surface area (TPSA) is 57.8 Å². The molecule has 0 radical (unpaired) electrons. The van der Waals surface area contributed by atoms with Crippen molar-refractivity contribution in [3.8, 4) is 11.3 Å². The van der Waals surface area contributed by atoms with E-state index in [1.165, 1.54) is 12.1 Å². The Bertz CT molecular complexity index is 895. The van der Waals surface area contributed by atoms with Crippen molar-refractivity contribution in [3.63, 3.8) is 0 Å². The number of aromatic nitrogens is 2. The maximum Gasteiger partial charge on any atom is 0.269 e. The number of amides is 1. The van der Waals surface area contributed by atoms with Crippen molar-refractivity contribution < 1.29 is 9.18 Å². The molecule has 0 saturated carbocycles. The smallest absolute Gasteiger partial charge is 0.269 e. The Kier molecular flexibility index (Phi) is 4.83. The molecule has 0 spiro atoms. The van der Waals surface area contributed by atoms with Gasteiger partial charge >= 0.3 is 0 Å². The van der Waals surface area contributed by atoms with Crippen LogP contribution in [0.1, 0.15) is 16.1 Å². The highest BCUT2D eigenvalue weighted by Crippen LogP contribution is 2.26. The minimum absolute atomic E-state index is 0.0179. The molecule has 0 aliphatic carbocycles. The molecule has 3 rings (SSSR count). The van der Waals surface area contributed by atoms with E-state index in [4.69, 9.17) is 23.2 Å². The summed E-state index contributed by atoms with van der Waals surface area (Å²) in [6.45, 7) is 0.222. The van der Waals surface area contributed by atoms with Crippen LogP contribution in [0.3, 0.4) is 0 Å². The van der Waals surface area contributed by atoms with Crippen LogP contribution in [0.2, 0.25) is 10.0 Å². The lowest BCUT2D eigenvalue weighted by atomic mass is 10.1. The van der Waals surface area contributed by atoms with Crippen molar-refractivity contribution in [1.29, 1.82) is 0 Å². The van der Waals surface area contributed by atoms with Crippen LogP contribution < -0.4 is 5.32 Å². The summed E-state index contributed by atoms with van der Waals surface area (Å²) in [4.78, 5) is 12.2. The van der Waals surface area contributed by atoms with Crippen molar-refractivity contribution >= 4 is 29.1 Å². The van der Waals surface area contributed by atoms with Crippen LogP contribution in [-0.2, 0) is 6.54 Å². The number of aromatic amines is 1. The van der Waals surface area contributed by atoms with Gasteiger partial charge in [-0.1, -0.05) is 47.5 Å². The average Bonchev–Trinajstić information content (AvgIpc) is 3.06. The fourth-order valence-electron chi connectivity index (χ4n) is 2.17. The summed E-state index contributed by atoms with van der Waals surface area (Å²) in [6.07, 6.45) is 0. The van der Waals surface area contributed by atoms with Gasteiger partial charge in [-0.3, -0.25) is 9.89 Å². The van der Waals surface area contributed by atoms with Crippen molar-refractivity contribution in [3.05, 3.63) is 75.7 Å². The second kappa shape index (κ2) is 7.03. The molecule has 1 heterocycles. The fourth-order valence-corrected chi connectivity index (χ4v) is 2.61.